The van der Waals surface area contributed by atoms with Crippen LogP contribution >= 0.6 is 0 Å². The number of rotatable bonds is 8. The van der Waals surface area contributed by atoms with Crippen LogP contribution < -0.4 is 17.2 Å². The van der Waals surface area contributed by atoms with Gasteiger partial charge in [-0.15, -0.1) is 0 Å². The number of hydrogen-bond donors (Lipinski definition) is 5. The van der Waals surface area contributed by atoms with Crippen LogP contribution in [0.4, 0.5) is 5.82 Å². The highest BCUT2D eigenvalue weighted by Gasteiger charge is 2.44. The Morgan fingerprint density at radius 1 is 1.12 bits per heavy atom. The highest BCUT2D eigenvalue weighted by molar-refractivity contribution is 5.81. The first kappa shape index (κ1) is 18.9. The van der Waals surface area contributed by atoms with Gasteiger partial charge in [0, 0.05) is 19.6 Å². The van der Waals surface area contributed by atoms with Crippen molar-refractivity contribution in [3.8, 4) is 0 Å². The summed E-state index contributed by atoms with van der Waals surface area (Å²) in [6.45, 7) is 2.91. The van der Waals surface area contributed by atoms with Crippen LogP contribution in [0, 0.1) is 0 Å². The summed E-state index contributed by atoms with van der Waals surface area (Å²) in [7, 11) is 0. The maximum Gasteiger partial charge on any atom is 0.167 e. The van der Waals surface area contributed by atoms with E-state index in [0.717, 1.165) is 13.0 Å². The molecule has 1 aliphatic heterocycles. The molecule has 0 radical (unpaired) electrons. The summed E-state index contributed by atoms with van der Waals surface area (Å²) in [6.07, 6.45) is 0.0557. The van der Waals surface area contributed by atoms with Gasteiger partial charge in [0.15, 0.2) is 17.7 Å². The minimum atomic E-state index is -1.12. The molecule has 3 heterocycles. The lowest BCUT2D eigenvalue weighted by Gasteiger charge is -2.26. The number of nitrogens with zero attached hydrogens (tertiary/aromatic N) is 5. The van der Waals surface area contributed by atoms with Crippen molar-refractivity contribution in [2.75, 3.05) is 38.5 Å². The Balaban J connectivity index is 1.77. The standard InChI is InChI=1S/C15H26N8O3/c16-2-1-4-22(5-3-17)6-9-11(24)12(25)15(26-9)23-8-21-10-13(18)19-7-20-14(10)23/h7-9,11-12,15,24-25H,1-6,16-17H2,(H2,18,19,20)/t9-,11-,12-,15-/m1/s1. The molecule has 4 atom stereocenters. The van der Waals surface area contributed by atoms with E-state index in [2.05, 4.69) is 19.9 Å². The topological polar surface area (TPSA) is 175 Å². The maximum absolute atomic E-state index is 10.5. The van der Waals surface area contributed by atoms with Gasteiger partial charge in [-0.3, -0.25) is 9.47 Å². The Morgan fingerprint density at radius 2 is 1.92 bits per heavy atom. The first-order valence-electron chi connectivity index (χ1n) is 8.64. The molecule has 0 amide bonds. The molecule has 1 saturated heterocycles. The zero-order valence-corrected chi connectivity index (χ0v) is 14.5. The third-order valence-electron chi connectivity index (χ3n) is 4.56. The van der Waals surface area contributed by atoms with Crippen molar-refractivity contribution in [3.05, 3.63) is 12.7 Å². The molecule has 0 aromatic carbocycles. The first-order chi connectivity index (χ1) is 12.6. The van der Waals surface area contributed by atoms with E-state index in [1.807, 2.05) is 0 Å². The van der Waals surface area contributed by atoms with Crippen molar-refractivity contribution in [1.29, 1.82) is 0 Å². The van der Waals surface area contributed by atoms with Crippen LogP contribution in [0.15, 0.2) is 12.7 Å². The number of nitrogens with two attached hydrogens (primary N) is 3. The number of anilines is 1. The molecule has 8 N–H and O–H groups in total. The highest BCUT2D eigenvalue weighted by atomic mass is 16.6. The average Bonchev–Trinajstić information content (AvgIpc) is 3.17. The predicted octanol–water partition coefficient (Wildman–Crippen LogP) is -2.36. The molecule has 11 heteroatoms. The molecule has 0 spiro atoms. The molecule has 0 bridgehead atoms. The maximum atomic E-state index is 10.5. The van der Waals surface area contributed by atoms with Gasteiger partial charge >= 0.3 is 0 Å². The Morgan fingerprint density at radius 3 is 2.65 bits per heavy atom. The van der Waals surface area contributed by atoms with E-state index in [4.69, 9.17) is 21.9 Å². The fourth-order valence-corrected chi connectivity index (χ4v) is 3.21. The second-order valence-electron chi connectivity index (χ2n) is 6.36. The third kappa shape index (κ3) is 3.63. The van der Waals surface area contributed by atoms with Gasteiger partial charge < -0.3 is 32.2 Å². The molecule has 1 aliphatic rings. The zero-order chi connectivity index (χ0) is 18.7. The SMILES string of the molecule is NCCCN(CCN)C[C@H]1O[C@@H](n2cnc3c(N)ncnc32)[C@H](O)[C@@H]1O. The molecule has 144 valence electrons. The van der Waals surface area contributed by atoms with E-state index in [-0.39, 0.29) is 5.82 Å². The Labute approximate surface area is 150 Å². The molecule has 1 fully saturated rings. The average molecular weight is 366 g/mol. The normalized spacial score (nSPS) is 26.2. The van der Waals surface area contributed by atoms with E-state index in [9.17, 15) is 10.2 Å². The van der Waals surface area contributed by atoms with Crippen LogP contribution in [-0.4, -0.2) is 85.7 Å². The molecular formula is C15H26N8O3. The summed E-state index contributed by atoms with van der Waals surface area (Å²) in [6, 6.07) is 0. The summed E-state index contributed by atoms with van der Waals surface area (Å²) < 4.78 is 7.51. The van der Waals surface area contributed by atoms with Crippen molar-refractivity contribution in [2.24, 2.45) is 11.5 Å². The van der Waals surface area contributed by atoms with E-state index in [1.165, 1.54) is 12.7 Å². The lowest BCUT2D eigenvalue weighted by Crippen LogP contribution is -2.42. The van der Waals surface area contributed by atoms with Gasteiger partial charge in [-0.25, -0.2) is 15.0 Å². The van der Waals surface area contributed by atoms with Crippen molar-refractivity contribution in [3.63, 3.8) is 0 Å². The summed E-state index contributed by atoms with van der Waals surface area (Å²) in [5.74, 6) is 0.245. The largest absolute Gasteiger partial charge is 0.387 e. The smallest absolute Gasteiger partial charge is 0.167 e. The zero-order valence-electron chi connectivity index (χ0n) is 14.5. The quantitative estimate of drug-likeness (QED) is 0.340. The number of aromatic nitrogens is 4. The molecule has 2 aromatic heterocycles. The number of fused-ring (bicyclic) bond motifs is 1. The van der Waals surface area contributed by atoms with Crippen LogP contribution in [0.2, 0.25) is 0 Å². The van der Waals surface area contributed by atoms with Crippen LogP contribution in [-0.2, 0) is 4.74 Å². The molecule has 2 aromatic rings. The van der Waals surface area contributed by atoms with Gasteiger partial charge in [0.25, 0.3) is 0 Å². The fourth-order valence-electron chi connectivity index (χ4n) is 3.21. The van der Waals surface area contributed by atoms with E-state index < -0.39 is 24.5 Å². The molecule has 11 nitrogen and oxygen atoms in total. The lowest BCUT2D eigenvalue weighted by molar-refractivity contribution is -0.0439. The fraction of sp³-hybridized carbons (Fsp3) is 0.667. The van der Waals surface area contributed by atoms with Gasteiger partial charge in [-0.05, 0) is 19.5 Å². The van der Waals surface area contributed by atoms with Gasteiger partial charge in [-0.2, -0.15) is 0 Å². The van der Waals surface area contributed by atoms with Gasteiger partial charge in [0.2, 0.25) is 0 Å². The molecular weight excluding hydrogens is 340 g/mol. The van der Waals surface area contributed by atoms with Crippen LogP contribution in [0.5, 0.6) is 0 Å². The number of hydrogen-bond acceptors (Lipinski definition) is 10. The van der Waals surface area contributed by atoms with Crippen molar-refractivity contribution in [1.82, 2.24) is 24.4 Å². The number of aliphatic hydroxyl groups excluding tert-OH is 2. The number of ether oxygens (including phenoxy) is 1. The van der Waals surface area contributed by atoms with Crippen molar-refractivity contribution in [2.45, 2.75) is 31.0 Å². The second-order valence-corrected chi connectivity index (χ2v) is 6.36. The van der Waals surface area contributed by atoms with Crippen molar-refractivity contribution < 1.29 is 14.9 Å². The Hall–Kier alpha value is -1.89. The summed E-state index contributed by atoms with van der Waals surface area (Å²) >= 11 is 0. The summed E-state index contributed by atoms with van der Waals surface area (Å²) in [5.41, 5.74) is 17.9. The van der Waals surface area contributed by atoms with Crippen LogP contribution in [0.1, 0.15) is 12.6 Å². The van der Waals surface area contributed by atoms with Gasteiger partial charge in [0.1, 0.15) is 30.2 Å². The Kier molecular flexibility index (Phi) is 5.96. The van der Waals surface area contributed by atoms with Crippen molar-refractivity contribution >= 4 is 17.0 Å². The molecule has 0 saturated carbocycles. The van der Waals surface area contributed by atoms with Crippen LogP contribution in [0.25, 0.3) is 11.2 Å². The third-order valence-corrected chi connectivity index (χ3v) is 4.56. The second kappa shape index (κ2) is 8.20. The molecule has 0 aliphatic carbocycles. The number of nitrogen functional groups attached to an aromatic ring is 1. The minimum absolute atomic E-state index is 0.245. The number of aliphatic hydroxyl groups is 2. The minimum Gasteiger partial charge on any atom is -0.387 e. The highest BCUT2D eigenvalue weighted by Crippen LogP contribution is 2.32. The first-order valence-corrected chi connectivity index (χ1v) is 8.64. The summed E-state index contributed by atoms with van der Waals surface area (Å²) in [5, 5.41) is 20.9. The van der Waals surface area contributed by atoms with Crippen LogP contribution in [0.3, 0.4) is 0 Å². The number of imidazole rings is 1. The van der Waals surface area contributed by atoms with Gasteiger partial charge in [-0.1, -0.05) is 0 Å². The van der Waals surface area contributed by atoms with Gasteiger partial charge in [0.05, 0.1) is 6.33 Å². The molecule has 3 rings (SSSR count). The predicted molar refractivity (Wildman–Crippen MR) is 94.8 cm³/mol. The van der Waals surface area contributed by atoms with E-state index in [1.54, 1.807) is 4.57 Å². The lowest BCUT2D eigenvalue weighted by atomic mass is 10.1. The van der Waals surface area contributed by atoms with E-state index >= 15 is 0 Å². The Bertz CT molecular complexity index is 726. The molecule has 26 heavy (non-hydrogen) atoms. The monoisotopic (exact) mass is 366 g/mol. The van der Waals surface area contributed by atoms with E-state index in [0.29, 0.717) is 37.3 Å². The molecule has 0 unspecified atom stereocenters. The summed E-state index contributed by atoms with van der Waals surface area (Å²) in [4.78, 5) is 14.3.